The molecular weight excluding hydrogens is 194 g/mol. The van der Waals surface area contributed by atoms with Crippen molar-refractivity contribution in [2.24, 2.45) is 5.41 Å². The van der Waals surface area contributed by atoms with Gasteiger partial charge in [0.2, 0.25) is 0 Å². The van der Waals surface area contributed by atoms with Gasteiger partial charge in [0, 0.05) is 6.54 Å². The largest absolute Gasteiger partial charge is 0.316 e. The molecule has 1 aromatic rings. The average Bonchev–Trinajstić information content (AvgIpc) is 2.22. The molecule has 1 N–H and O–H groups in total. The number of rotatable bonds is 5. The highest BCUT2D eigenvalue weighted by Crippen LogP contribution is 2.43. The molecule has 1 aromatic carbocycles. The van der Waals surface area contributed by atoms with Crippen molar-refractivity contribution in [2.45, 2.75) is 39.5 Å². The smallest absolute Gasteiger partial charge is 0.00109 e. The second-order valence-corrected chi connectivity index (χ2v) is 5.30. The fourth-order valence-corrected chi connectivity index (χ4v) is 2.74. The molecule has 0 spiro atoms. The van der Waals surface area contributed by atoms with E-state index >= 15 is 0 Å². The minimum atomic E-state index is 0.559. The van der Waals surface area contributed by atoms with E-state index in [2.05, 4.69) is 43.4 Å². The third-order valence-electron chi connectivity index (χ3n) is 3.83. The summed E-state index contributed by atoms with van der Waals surface area (Å²) in [6, 6.07) is 8.98. The molecule has 1 saturated carbocycles. The average molecular weight is 217 g/mol. The Kier molecular flexibility index (Phi) is 3.65. The van der Waals surface area contributed by atoms with Crippen molar-refractivity contribution in [3.05, 3.63) is 35.4 Å². The molecule has 1 nitrogen and oxygen atoms in total. The minimum absolute atomic E-state index is 0.559. The van der Waals surface area contributed by atoms with Gasteiger partial charge in [-0.3, -0.25) is 0 Å². The Labute approximate surface area is 99.3 Å². The maximum Gasteiger partial charge on any atom is 0.00109 e. The Hall–Kier alpha value is -0.820. The molecule has 2 rings (SSSR count). The lowest BCUT2D eigenvalue weighted by molar-refractivity contribution is 0.131. The Bertz CT molecular complexity index is 339. The van der Waals surface area contributed by atoms with E-state index < -0.39 is 0 Å². The Balaban J connectivity index is 2.01. The Morgan fingerprint density at radius 3 is 2.69 bits per heavy atom. The SMILES string of the molecule is CCNCC1(Cc2cccc(C)c2)CCC1. The summed E-state index contributed by atoms with van der Waals surface area (Å²) >= 11 is 0. The molecule has 1 fully saturated rings. The monoisotopic (exact) mass is 217 g/mol. The number of nitrogens with one attached hydrogen (secondary N) is 1. The number of hydrogen-bond acceptors (Lipinski definition) is 1. The van der Waals surface area contributed by atoms with Gasteiger partial charge in [-0.05, 0) is 43.7 Å². The van der Waals surface area contributed by atoms with Crippen LogP contribution >= 0.6 is 0 Å². The van der Waals surface area contributed by atoms with Gasteiger partial charge in [0.15, 0.2) is 0 Å². The van der Waals surface area contributed by atoms with Crippen molar-refractivity contribution in [3.63, 3.8) is 0 Å². The first-order valence-electron chi connectivity index (χ1n) is 6.50. The summed E-state index contributed by atoms with van der Waals surface area (Å²) in [4.78, 5) is 0. The van der Waals surface area contributed by atoms with Gasteiger partial charge >= 0.3 is 0 Å². The molecule has 0 aromatic heterocycles. The zero-order valence-electron chi connectivity index (χ0n) is 10.6. The van der Waals surface area contributed by atoms with Gasteiger partial charge in [-0.15, -0.1) is 0 Å². The summed E-state index contributed by atoms with van der Waals surface area (Å²) in [5.41, 5.74) is 3.46. The molecule has 1 heteroatoms. The summed E-state index contributed by atoms with van der Waals surface area (Å²) in [5.74, 6) is 0. The van der Waals surface area contributed by atoms with Crippen LogP contribution in [-0.4, -0.2) is 13.1 Å². The van der Waals surface area contributed by atoms with E-state index in [1.807, 2.05) is 0 Å². The van der Waals surface area contributed by atoms with Crippen molar-refractivity contribution in [2.75, 3.05) is 13.1 Å². The molecule has 0 bridgehead atoms. The van der Waals surface area contributed by atoms with Gasteiger partial charge in [-0.2, -0.15) is 0 Å². The molecular formula is C15H23N. The van der Waals surface area contributed by atoms with Gasteiger partial charge < -0.3 is 5.32 Å². The van der Waals surface area contributed by atoms with Crippen LogP contribution in [0.5, 0.6) is 0 Å². The second-order valence-electron chi connectivity index (χ2n) is 5.30. The van der Waals surface area contributed by atoms with Crippen LogP contribution in [0.1, 0.15) is 37.3 Å². The quantitative estimate of drug-likeness (QED) is 0.798. The fourth-order valence-electron chi connectivity index (χ4n) is 2.74. The van der Waals surface area contributed by atoms with Crippen LogP contribution in [0.4, 0.5) is 0 Å². The summed E-state index contributed by atoms with van der Waals surface area (Å²) < 4.78 is 0. The van der Waals surface area contributed by atoms with Crippen LogP contribution in [0.3, 0.4) is 0 Å². The second kappa shape index (κ2) is 5.01. The Morgan fingerprint density at radius 1 is 1.31 bits per heavy atom. The first-order valence-corrected chi connectivity index (χ1v) is 6.50. The molecule has 0 radical (unpaired) electrons. The lowest BCUT2D eigenvalue weighted by Crippen LogP contribution is -2.41. The lowest BCUT2D eigenvalue weighted by atomic mass is 9.65. The predicted octanol–water partition coefficient (Wildman–Crippen LogP) is 3.32. The van der Waals surface area contributed by atoms with Crippen LogP contribution in [0, 0.1) is 12.3 Å². The molecule has 0 saturated heterocycles. The molecule has 88 valence electrons. The Morgan fingerprint density at radius 2 is 2.12 bits per heavy atom. The third-order valence-corrected chi connectivity index (χ3v) is 3.83. The molecule has 0 atom stereocenters. The van der Waals surface area contributed by atoms with Crippen molar-refractivity contribution >= 4 is 0 Å². The third kappa shape index (κ3) is 2.65. The van der Waals surface area contributed by atoms with Crippen molar-refractivity contribution < 1.29 is 0 Å². The van der Waals surface area contributed by atoms with Gasteiger partial charge in [-0.1, -0.05) is 43.2 Å². The van der Waals surface area contributed by atoms with E-state index in [1.54, 1.807) is 0 Å². The number of aryl methyl sites for hydroxylation is 1. The zero-order valence-corrected chi connectivity index (χ0v) is 10.6. The highest BCUT2D eigenvalue weighted by atomic mass is 14.9. The first-order chi connectivity index (χ1) is 7.74. The standard InChI is InChI=1S/C15H23N/c1-3-16-12-15(8-5-9-15)11-14-7-4-6-13(2)10-14/h4,6-7,10,16H,3,5,8-9,11-12H2,1-2H3. The van der Waals surface area contributed by atoms with Crippen LogP contribution in [0.2, 0.25) is 0 Å². The number of benzene rings is 1. The summed E-state index contributed by atoms with van der Waals surface area (Å²) in [6.07, 6.45) is 5.46. The highest BCUT2D eigenvalue weighted by molar-refractivity contribution is 5.24. The highest BCUT2D eigenvalue weighted by Gasteiger charge is 2.36. The van der Waals surface area contributed by atoms with Gasteiger partial charge in [0.1, 0.15) is 0 Å². The van der Waals surface area contributed by atoms with Gasteiger partial charge in [-0.25, -0.2) is 0 Å². The topological polar surface area (TPSA) is 12.0 Å². The maximum atomic E-state index is 3.53. The molecule has 1 aliphatic rings. The van der Waals surface area contributed by atoms with E-state index in [9.17, 15) is 0 Å². The molecule has 0 unspecified atom stereocenters. The van der Waals surface area contributed by atoms with Crippen LogP contribution in [0.15, 0.2) is 24.3 Å². The van der Waals surface area contributed by atoms with E-state index in [4.69, 9.17) is 0 Å². The van der Waals surface area contributed by atoms with Crippen molar-refractivity contribution in [3.8, 4) is 0 Å². The molecule has 0 aliphatic heterocycles. The van der Waals surface area contributed by atoms with Crippen LogP contribution in [0.25, 0.3) is 0 Å². The summed E-state index contributed by atoms with van der Waals surface area (Å²) in [5, 5.41) is 3.53. The van der Waals surface area contributed by atoms with Crippen molar-refractivity contribution in [1.82, 2.24) is 5.32 Å². The first kappa shape index (κ1) is 11.7. The lowest BCUT2D eigenvalue weighted by Gasteiger charge is -2.42. The summed E-state index contributed by atoms with van der Waals surface area (Å²) in [7, 11) is 0. The molecule has 0 heterocycles. The summed E-state index contributed by atoms with van der Waals surface area (Å²) in [6.45, 7) is 6.66. The maximum absolute atomic E-state index is 3.53. The normalized spacial score (nSPS) is 18.1. The number of hydrogen-bond donors (Lipinski definition) is 1. The van der Waals surface area contributed by atoms with Gasteiger partial charge in [0.05, 0.1) is 0 Å². The van der Waals surface area contributed by atoms with Gasteiger partial charge in [0.25, 0.3) is 0 Å². The van der Waals surface area contributed by atoms with E-state index in [-0.39, 0.29) is 0 Å². The van der Waals surface area contributed by atoms with E-state index in [0.29, 0.717) is 5.41 Å². The van der Waals surface area contributed by atoms with Crippen LogP contribution in [-0.2, 0) is 6.42 Å². The molecule has 0 amide bonds. The fraction of sp³-hybridized carbons (Fsp3) is 0.600. The van der Waals surface area contributed by atoms with Crippen molar-refractivity contribution in [1.29, 1.82) is 0 Å². The van der Waals surface area contributed by atoms with E-state index in [1.165, 1.54) is 43.4 Å². The van der Waals surface area contributed by atoms with E-state index in [0.717, 1.165) is 6.54 Å². The zero-order chi connectivity index (χ0) is 11.4. The molecule has 16 heavy (non-hydrogen) atoms. The minimum Gasteiger partial charge on any atom is -0.316 e. The predicted molar refractivity (Wildman–Crippen MR) is 69.7 cm³/mol. The van der Waals surface area contributed by atoms with Crippen LogP contribution < -0.4 is 5.32 Å². The molecule has 1 aliphatic carbocycles.